The minimum absolute atomic E-state index is 0.208. The lowest BCUT2D eigenvalue weighted by atomic mass is 10.2. The van der Waals surface area contributed by atoms with Crippen LogP contribution < -0.4 is 9.47 Å². The van der Waals surface area contributed by atoms with E-state index in [4.69, 9.17) is 9.47 Å². The molecule has 1 heterocycles. The molecule has 1 unspecified atom stereocenters. The normalized spacial score (nSPS) is 11.8. The van der Waals surface area contributed by atoms with Crippen LogP contribution in [0, 0.1) is 6.92 Å². The predicted octanol–water partition coefficient (Wildman–Crippen LogP) is 4.69. The van der Waals surface area contributed by atoms with Gasteiger partial charge in [0.2, 0.25) is 0 Å². The number of rotatable bonds is 10. The van der Waals surface area contributed by atoms with E-state index in [2.05, 4.69) is 10.2 Å². The number of benzene rings is 3. The summed E-state index contributed by atoms with van der Waals surface area (Å²) in [6, 6.07) is 27.3. The number of aliphatic hydroxyl groups excluding tert-OH is 1. The van der Waals surface area contributed by atoms with Gasteiger partial charge in [0, 0.05) is 11.4 Å². The molecule has 0 aliphatic heterocycles. The minimum Gasteiger partial charge on any atom is -0.491 e. The summed E-state index contributed by atoms with van der Waals surface area (Å²) in [6.45, 7) is 2.50. The van der Waals surface area contributed by atoms with Gasteiger partial charge < -0.3 is 14.6 Å². The van der Waals surface area contributed by atoms with Crippen LogP contribution in [0.3, 0.4) is 0 Å². The molecule has 0 aliphatic carbocycles. The van der Waals surface area contributed by atoms with Crippen LogP contribution in [0.2, 0.25) is 0 Å². The lowest BCUT2D eigenvalue weighted by Crippen LogP contribution is -2.20. The zero-order valence-corrected chi connectivity index (χ0v) is 18.6. The van der Waals surface area contributed by atoms with Crippen LogP contribution in [0.5, 0.6) is 11.5 Å². The van der Waals surface area contributed by atoms with Gasteiger partial charge in [0.05, 0.1) is 6.10 Å². The molecular weight excluding hydrogens is 422 g/mol. The van der Waals surface area contributed by atoms with Gasteiger partial charge in [-0.3, -0.25) is 4.57 Å². The summed E-state index contributed by atoms with van der Waals surface area (Å²) in [5, 5.41) is 19.8. The van der Waals surface area contributed by atoms with Crippen molar-refractivity contribution in [1.29, 1.82) is 0 Å². The van der Waals surface area contributed by atoms with Gasteiger partial charge in [-0.25, -0.2) is 0 Å². The van der Waals surface area contributed by atoms with Gasteiger partial charge in [-0.15, -0.1) is 10.2 Å². The number of ether oxygens (including phenoxy) is 2. The first-order chi connectivity index (χ1) is 15.7. The molecule has 1 atom stereocenters. The van der Waals surface area contributed by atoms with Gasteiger partial charge in [-0.1, -0.05) is 66.4 Å². The Hall–Kier alpha value is -3.29. The van der Waals surface area contributed by atoms with E-state index in [1.54, 1.807) is 0 Å². The van der Waals surface area contributed by atoms with E-state index in [1.807, 2.05) is 96.4 Å². The summed E-state index contributed by atoms with van der Waals surface area (Å²) >= 11 is 1.43. The highest BCUT2D eigenvalue weighted by atomic mass is 32.2. The smallest absolute Gasteiger partial charge is 0.196 e. The molecule has 0 radical (unpaired) electrons. The number of aryl methyl sites for hydroxylation is 1. The molecule has 0 bridgehead atoms. The highest BCUT2D eigenvalue weighted by Gasteiger charge is 2.17. The average Bonchev–Trinajstić information content (AvgIpc) is 3.25. The van der Waals surface area contributed by atoms with Gasteiger partial charge in [-0.2, -0.15) is 0 Å². The van der Waals surface area contributed by atoms with E-state index in [0.29, 0.717) is 16.7 Å². The molecule has 1 aromatic heterocycles. The van der Waals surface area contributed by atoms with Crippen molar-refractivity contribution in [3.63, 3.8) is 0 Å². The monoisotopic (exact) mass is 447 g/mol. The van der Waals surface area contributed by atoms with Crippen molar-refractivity contribution < 1.29 is 14.6 Å². The Kier molecular flexibility index (Phi) is 7.42. The number of para-hydroxylation sites is 3. The highest BCUT2D eigenvalue weighted by molar-refractivity contribution is 7.99. The van der Waals surface area contributed by atoms with E-state index in [-0.39, 0.29) is 13.2 Å². The van der Waals surface area contributed by atoms with Crippen LogP contribution in [0.1, 0.15) is 11.4 Å². The fourth-order valence-corrected chi connectivity index (χ4v) is 3.99. The lowest BCUT2D eigenvalue weighted by Gasteiger charge is -2.14. The first-order valence-corrected chi connectivity index (χ1v) is 11.4. The number of aliphatic hydroxyl groups is 1. The first kappa shape index (κ1) is 21.9. The third kappa shape index (κ3) is 5.69. The average molecular weight is 448 g/mol. The molecule has 0 aliphatic rings. The second-order valence-corrected chi connectivity index (χ2v) is 8.20. The van der Waals surface area contributed by atoms with E-state index in [1.165, 1.54) is 11.8 Å². The molecule has 32 heavy (non-hydrogen) atoms. The summed E-state index contributed by atoms with van der Waals surface area (Å²) in [4.78, 5) is 0. The molecule has 7 heteroatoms. The summed E-state index contributed by atoms with van der Waals surface area (Å²) in [7, 11) is 0. The maximum absolute atomic E-state index is 10.4. The van der Waals surface area contributed by atoms with E-state index < -0.39 is 6.10 Å². The molecule has 4 rings (SSSR count). The molecule has 0 fully saturated rings. The molecule has 0 amide bonds. The number of aromatic nitrogens is 3. The van der Waals surface area contributed by atoms with Crippen molar-refractivity contribution in [3.05, 3.63) is 96.3 Å². The summed E-state index contributed by atoms with van der Waals surface area (Å²) in [6.07, 6.45) is -0.646. The fourth-order valence-electron chi connectivity index (χ4n) is 3.11. The number of thioether (sulfide) groups is 1. The van der Waals surface area contributed by atoms with Crippen molar-refractivity contribution in [2.45, 2.75) is 24.8 Å². The predicted molar refractivity (Wildman–Crippen MR) is 126 cm³/mol. The molecule has 0 saturated carbocycles. The van der Waals surface area contributed by atoms with Gasteiger partial charge in [0.1, 0.15) is 24.7 Å². The van der Waals surface area contributed by atoms with E-state index >= 15 is 0 Å². The zero-order valence-electron chi connectivity index (χ0n) is 17.8. The van der Waals surface area contributed by atoms with Gasteiger partial charge in [-0.05, 0) is 42.8 Å². The Morgan fingerprint density at radius 2 is 1.56 bits per heavy atom. The fraction of sp³-hybridized carbons (Fsp3) is 0.200. The van der Waals surface area contributed by atoms with Crippen LogP contribution in [-0.2, 0) is 6.61 Å². The maximum Gasteiger partial charge on any atom is 0.196 e. The van der Waals surface area contributed by atoms with Crippen molar-refractivity contribution in [3.8, 4) is 17.2 Å². The molecule has 0 saturated heterocycles. The van der Waals surface area contributed by atoms with Crippen LogP contribution in [0.15, 0.2) is 90.1 Å². The quantitative estimate of drug-likeness (QED) is 0.356. The van der Waals surface area contributed by atoms with Crippen LogP contribution in [0.4, 0.5) is 0 Å². The summed E-state index contributed by atoms with van der Waals surface area (Å²) in [5.74, 6) is 2.67. The Balaban J connectivity index is 1.45. The molecule has 3 aromatic carbocycles. The zero-order chi connectivity index (χ0) is 22.2. The topological polar surface area (TPSA) is 69.4 Å². The second kappa shape index (κ2) is 10.8. The largest absolute Gasteiger partial charge is 0.491 e. The molecule has 164 valence electrons. The number of hydrogen-bond acceptors (Lipinski definition) is 6. The minimum atomic E-state index is -0.646. The van der Waals surface area contributed by atoms with Gasteiger partial charge in [0.25, 0.3) is 0 Å². The number of nitrogens with zero attached hydrogens (tertiary/aromatic N) is 3. The van der Waals surface area contributed by atoms with E-state index in [9.17, 15) is 5.11 Å². The molecular formula is C25H25N3O3S. The summed E-state index contributed by atoms with van der Waals surface area (Å²) < 4.78 is 13.6. The van der Waals surface area contributed by atoms with Crippen LogP contribution in [0.25, 0.3) is 5.69 Å². The standard InChI is InChI=1S/C25H25N3O3S/c1-19-10-8-9-15-23(19)31-17-24-26-27-25(28(24)20-11-4-2-5-12-20)32-18-21(29)16-30-22-13-6-3-7-14-22/h2-15,21,29H,16-18H2,1H3. The van der Waals surface area contributed by atoms with Crippen LogP contribution >= 0.6 is 11.8 Å². The Bertz CT molecular complexity index is 1120. The second-order valence-electron chi connectivity index (χ2n) is 7.21. The molecule has 4 aromatic rings. The van der Waals surface area contributed by atoms with Crippen molar-refractivity contribution in [2.75, 3.05) is 12.4 Å². The van der Waals surface area contributed by atoms with E-state index in [0.717, 1.165) is 22.7 Å². The van der Waals surface area contributed by atoms with Gasteiger partial charge in [0.15, 0.2) is 11.0 Å². The third-order valence-corrected chi connectivity index (χ3v) is 5.83. The highest BCUT2D eigenvalue weighted by Crippen LogP contribution is 2.24. The van der Waals surface area contributed by atoms with Crippen molar-refractivity contribution >= 4 is 11.8 Å². The molecule has 6 nitrogen and oxygen atoms in total. The molecule has 0 spiro atoms. The van der Waals surface area contributed by atoms with Gasteiger partial charge >= 0.3 is 0 Å². The lowest BCUT2D eigenvalue weighted by molar-refractivity contribution is 0.126. The third-order valence-electron chi connectivity index (χ3n) is 4.76. The Morgan fingerprint density at radius 3 is 2.31 bits per heavy atom. The maximum atomic E-state index is 10.4. The number of hydrogen-bond donors (Lipinski definition) is 1. The van der Waals surface area contributed by atoms with Crippen molar-refractivity contribution in [1.82, 2.24) is 14.8 Å². The summed E-state index contributed by atoms with van der Waals surface area (Å²) in [5.41, 5.74) is 2.01. The van der Waals surface area contributed by atoms with Crippen LogP contribution in [-0.4, -0.2) is 38.3 Å². The molecule has 1 N–H and O–H groups in total. The Morgan fingerprint density at radius 1 is 0.875 bits per heavy atom. The first-order valence-electron chi connectivity index (χ1n) is 10.4. The van der Waals surface area contributed by atoms with Crippen molar-refractivity contribution in [2.24, 2.45) is 0 Å². The SMILES string of the molecule is Cc1ccccc1OCc1nnc(SCC(O)COc2ccccc2)n1-c1ccccc1. The Labute approximate surface area is 191 Å².